The van der Waals surface area contributed by atoms with Crippen molar-refractivity contribution >= 4 is 11.6 Å². The molecule has 0 saturated heterocycles. The van der Waals surface area contributed by atoms with Crippen LogP contribution >= 0.6 is 0 Å². The molecule has 0 unspecified atom stereocenters. The van der Waals surface area contributed by atoms with E-state index < -0.39 is 11.7 Å². The van der Waals surface area contributed by atoms with Crippen molar-refractivity contribution in [2.45, 2.75) is 32.0 Å². The Morgan fingerprint density at radius 2 is 2.05 bits per heavy atom. The van der Waals surface area contributed by atoms with Crippen molar-refractivity contribution in [3.63, 3.8) is 0 Å². The molecule has 2 rings (SSSR count). The molecule has 1 aliphatic carbocycles. The van der Waals surface area contributed by atoms with Crippen LogP contribution in [0.5, 0.6) is 0 Å². The molecule has 0 atom stereocenters. The number of nitrogens with one attached hydrogen (secondary N) is 1. The minimum Gasteiger partial charge on any atom is -0.326 e. The number of hydrogen-bond donors (Lipinski definition) is 2. The molecule has 0 aromatic heterocycles. The van der Waals surface area contributed by atoms with Gasteiger partial charge in [-0.25, -0.2) is 0 Å². The van der Waals surface area contributed by atoms with Crippen molar-refractivity contribution in [1.29, 1.82) is 0 Å². The molecule has 1 fully saturated rings. The van der Waals surface area contributed by atoms with Gasteiger partial charge in [0.25, 0.3) is 0 Å². The first-order valence-electron chi connectivity index (χ1n) is 6.10. The summed E-state index contributed by atoms with van der Waals surface area (Å²) in [5, 5.41) is 2.34. The number of anilines is 1. The van der Waals surface area contributed by atoms with Crippen LogP contribution in [0.4, 0.5) is 18.9 Å². The number of benzene rings is 1. The van der Waals surface area contributed by atoms with Gasteiger partial charge in [0.15, 0.2) is 0 Å². The van der Waals surface area contributed by atoms with Gasteiger partial charge in [0, 0.05) is 13.0 Å². The van der Waals surface area contributed by atoms with E-state index in [0.29, 0.717) is 11.5 Å². The fraction of sp³-hybridized carbons (Fsp3) is 0.462. The zero-order valence-corrected chi connectivity index (χ0v) is 10.3. The smallest absolute Gasteiger partial charge is 0.326 e. The Balaban J connectivity index is 2.20. The number of carbonyl (C=O) groups is 1. The number of halogens is 3. The standard InChI is InChI=1S/C13H15F3N2O/c14-13(15,16)10-5-9(7-17)3-4-11(10)18-12(19)6-8-1-2-8/h3-5,8H,1-2,6-7,17H2,(H,18,19). The fourth-order valence-corrected chi connectivity index (χ4v) is 1.85. The first-order valence-corrected chi connectivity index (χ1v) is 6.10. The highest BCUT2D eigenvalue weighted by atomic mass is 19.4. The van der Waals surface area contributed by atoms with Crippen LogP contribution < -0.4 is 11.1 Å². The van der Waals surface area contributed by atoms with Crippen LogP contribution in [0.25, 0.3) is 0 Å². The van der Waals surface area contributed by atoms with Gasteiger partial charge in [0.2, 0.25) is 5.91 Å². The van der Waals surface area contributed by atoms with Crippen molar-refractivity contribution in [2.75, 3.05) is 5.32 Å². The van der Waals surface area contributed by atoms with Crippen LogP contribution in [0.2, 0.25) is 0 Å². The van der Waals surface area contributed by atoms with E-state index >= 15 is 0 Å². The maximum atomic E-state index is 12.9. The summed E-state index contributed by atoms with van der Waals surface area (Å²) in [5.74, 6) is -0.0360. The van der Waals surface area contributed by atoms with E-state index in [2.05, 4.69) is 5.32 Å². The van der Waals surface area contributed by atoms with E-state index in [0.717, 1.165) is 18.9 Å². The van der Waals surface area contributed by atoms with Crippen molar-refractivity contribution in [3.05, 3.63) is 29.3 Å². The minimum absolute atomic E-state index is 0.0272. The van der Waals surface area contributed by atoms with Gasteiger partial charge in [0.1, 0.15) is 0 Å². The van der Waals surface area contributed by atoms with Gasteiger partial charge >= 0.3 is 6.18 Å². The number of amides is 1. The number of alkyl halides is 3. The Morgan fingerprint density at radius 3 is 2.58 bits per heavy atom. The average molecular weight is 272 g/mol. The molecule has 0 radical (unpaired) electrons. The zero-order chi connectivity index (χ0) is 14.0. The fourth-order valence-electron chi connectivity index (χ4n) is 1.85. The monoisotopic (exact) mass is 272 g/mol. The molecule has 1 aromatic carbocycles. The molecular weight excluding hydrogens is 257 g/mol. The summed E-state index contributed by atoms with van der Waals surface area (Å²) >= 11 is 0. The van der Waals surface area contributed by atoms with Crippen LogP contribution in [0.3, 0.4) is 0 Å². The van der Waals surface area contributed by atoms with E-state index in [1.54, 1.807) is 0 Å². The minimum atomic E-state index is -4.51. The van der Waals surface area contributed by atoms with E-state index in [1.165, 1.54) is 12.1 Å². The predicted octanol–water partition coefficient (Wildman–Crippen LogP) is 2.90. The lowest BCUT2D eigenvalue weighted by Gasteiger charge is -2.15. The maximum Gasteiger partial charge on any atom is 0.418 e. The molecule has 0 bridgehead atoms. The molecule has 0 aliphatic heterocycles. The predicted molar refractivity (Wildman–Crippen MR) is 65.3 cm³/mol. The average Bonchev–Trinajstić information content (AvgIpc) is 3.12. The molecular formula is C13H15F3N2O. The van der Waals surface area contributed by atoms with Crippen molar-refractivity contribution in [2.24, 2.45) is 11.7 Å². The molecule has 3 N–H and O–H groups in total. The largest absolute Gasteiger partial charge is 0.418 e. The van der Waals surface area contributed by atoms with E-state index in [1.807, 2.05) is 0 Å². The Bertz CT molecular complexity index is 481. The number of hydrogen-bond acceptors (Lipinski definition) is 2. The molecule has 19 heavy (non-hydrogen) atoms. The second-order valence-electron chi connectivity index (χ2n) is 4.78. The maximum absolute atomic E-state index is 12.9. The third kappa shape index (κ3) is 3.70. The number of nitrogens with two attached hydrogens (primary N) is 1. The van der Waals surface area contributed by atoms with Crippen molar-refractivity contribution in [3.8, 4) is 0 Å². The third-order valence-corrected chi connectivity index (χ3v) is 3.07. The highest BCUT2D eigenvalue weighted by Gasteiger charge is 2.34. The SMILES string of the molecule is NCc1ccc(NC(=O)CC2CC2)c(C(F)(F)F)c1. The van der Waals surface area contributed by atoms with E-state index in [-0.39, 0.29) is 24.6 Å². The van der Waals surface area contributed by atoms with Crippen LogP contribution in [-0.2, 0) is 17.5 Å². The molecule has 104 valence electrons. The van der Waals surface area contributed by atoms with Crippen LogP contribution in [0.1, 0.15) is 30.4 Å². The number of rotatable bonds is 4. The molecule has 3 nitrogen and oxygen atoms in total. The summed E-state index contributed by atoms with van der Waals surface area (Å²) in [6.45, 7) is 0.0272. The quantitative estimate of drug-likeness (QED) is 0.885. The van der Waals surface area contributed by atoms with Crippen LogP contribution in [0.15, 0.2) is 18.2 Å². The van der Waals surface area contributed by atoms with Gasteiger partial charge in [-0.05, 0) is 36.5 Å². The van der Waals surface area contributed by atoms with Gasteiger partial charge in [0.05, 0.1) is 11.3 Å². The van der Waals surface area contributed by atoms with Crippen LogP contribution in [0, 0.1) is 5.92 Å². The third-order valence-electron chi connectivity index (χ3n) is 3.07. The first kappa shape index (κ1) is 13.9. The molecule has 0 spiro atoms. The van der Waals surface area contributed by atoms with Crippen molar-refractivity contribution < 1.29 is 18.0 Å². The van der Waals surface area contributed by atoms with Gasteiger partial charge < -0.3 is 11.1 Å². The lowest BCUT2D eigenvalue weighted by Crippen LogP contribution is -2.17. The molecule has 0 heterocycles. The lowest BCUT2D eigenvalue weighted by molar-refractivity contribution is -0.137. The highest BCUT2D eigenvalue weighted by Crippen LogP contribution is 2.36. The Morgan fingerprint density at radius 1 is 1.37 bits per heavy atom. The molecule has 6 heteroatoms. The number of carbonyl (C=O) groups excluding carboxylic acids is 1. The van der Waals surface area contributed by atoms with E-state index in [9.17, 15) is 18.0 Å². The van der Waals surface area contributed by atoms with Crippen molar-refractivity contribution in [1.82, 2.24) is 0 Å². The van der Waals surface area contributed by atoms with E-state index in [4.69, 9.17) is 5.73 Å². The second-order valence-corrected chi connectivity index (χ2v) is 4.78. The first-order chi connectivity index (χ1) is 8.90. The topological polar surface area (TPSA) is 55.1 Å². The van der Waals surface area contributed by atoms with Gasteiger partial charge in [-0.15, -0.1) is 0 Å². The molecule has 1 amide bonds. The summed E-state index contributed by atoms with van der Waals surface area (Å²) in [6.07, 6.45) is -2.26. The van der Waals surface area contributed by atoms with Crippen LogP contribution in [-0.4, -0.2) is 5.91 Å². The normalized spacial score (nSPS) is 15.4. The second kappa shape index (κ2) is 5.21. The molecule has 1 saturated carbocycles. The summed E-state index contributed by atoms with van der Waals surface area (Å²) in [5.41, 5.74) is 4.67. The highest BCUT2D eigenvalue weighted by molar-refractivity contribution is 5.92. The summed E-state index contributed by atoms with van der Waals surface area (Å²) in [4.78, 5) is 11.6. The summed E-state index contributed by atoms with van der Waals surface area (Å²) in [7, 11) is 0. The van der Waals surface area contributed by atoms with Gasteiger partial charge in [-0.3, -0.25) is 4.79 Å². The lowest BCUT2D eigenvalue weighted by atomic mass is 10.1. The van der Waals surface area contributed by atoms with Gasteiger partial charge in [-0.1, -0.05) is 6.07 Å². The molecule has 1 aliphatic rings. The summed E-state index contributed by atoms with van der Waals surface area (Å²) < 4.78 is 38.7. The molecule has 1 aromatic rings. The Hall–Kier alpha value is -1.56. The van der Waals surface area contributed by atoms with Gasteiger partial charge in [-0.2, -0.15) is 13.2 Å². The Labute approximate surface area is 109 Å². The zero-order valence-electron chi connectivity index (χ0n) is 10.3. The summed E-state index contributed by atoms with van der Waals surface area (Å²) in [6, 6.07) is 3.73. The Kier molecular flexibility index (Phi) is 3.80.